The highest BCUT2D eigenvalue weighted by Crippen LogP contribution is 2.32. The van der Waals surface area contributed by atoms with E-state index in [1.54, 1.807) is 6.92 Å². The SMILES string of the molecule is Cc1nnc(N2CCC[C@]3(CN(C(=O)[C@H]4CCCO4)CCO3)C2)o1. The zero-order valence-electron chi connectivity index (χ0n) is 14.1. The van der Waals surface area contributed by atoms with E-state index in [2.05, 4.69) is 15.1 Å². The smallest absolute Gasteiger partial charge is 0.318 e. The van der Waals surface area contributed by atoms with Gasteiger partial charge in [0.25, 0.3) is 5.91 Å². The number of carbonyl (C=O) groups is 1. The molecule has 8 heteroatoms. The fraction of sp³-hybridized carbons (Fsp3) is 0.812. The van der Waals surface area contributed by atoms with Crippen LogP contribution in [0.1, 0.15) is 31.6 Å². The highest BCUT2D eigenvalue weighted by atomic mass is 16.5. The molecule has 1 aromatic heterocycles. The monoisotopic (exact) mass is 336 g/mol. The summed E-state index contributed by atoms with van der Waals surface area (Å²) in [6.45, 7) is 5.83. The van der Waals surface area contributed by atoms with Gasteiger partial charge in [0.2, 0.25) is 5.89 Å². The van der Waals surface area contributed by atoms with Gasteiger partial charge in [0, 0.05) is 26.6 Å². The second kappa shape index (κ2) is 6.33. The van der Waals surface area contributed by atoms with Crippen LogP contribution in [0.2, 0.25) is 0 Å². The van der Waals surface area contributed by atoms with Crippen molar-refractivity contribution in [3.05, 3.63) is 5.89 Å². The second-order valence-electron chi connectivity index (χ2n) is 6.92. The van der Waals surface area contributed by atoms with Crippen LogP contribution in [0, 0.1) is 6.92 Å². The Morgan fingerprint density at radius 2 is 2.12 bits per heavy atom. The van der Waals surface area contributed by atoms with E-state index in [4.69, 9.17) is 13.9 Å². The molecule has 4 rings (SSSR count). The molecule has 24 heavy (non-hydrogen) atoms. The molecule has 3 fully saturated rings. The normalized spacial score (nSPS) is 31.0. The van der Waals surface area contributed by atoms with Crippen LogP contribution in [0.4, 0.5) is 6.01 Å². The molecule has 3 saturated heterocycles. The van der Waals surface area contributed by atoms with Crippen LogP contribution in [0.5, 0.6) is 0 Å². The van der Waals surface area contributed by atoms with E-state index in [0.717, 1.165) is 32.2 Å². The van der Waals surface area contributed by atoms with Crippen molar-refractivity contribution in [2.24, 2.45) is 0 Å². The Morgan fingerprint density at radius 3 is 2.88 bits per heavy atom. The first kappa shape index (κ1) is 15.8. The Hall–Kier alpha value is -1.67. The lowest BCUT2D eigenvalue weighted by Gasteiger charge is -2.47. The summed E-state index contributed by atoms with van der Waals surface area (Å²) in [5.41, 5.74) is -0.354. The highest BCUT2D eigenvalue weighted by Gasteiger charge is 2.44. The number of aromatic nitrogens is 2. The van der Waals surface area contributed by atoms with Crippen LogP contribution in [0.15, 0.2) is 4.42 Å². The van der Waals surface area contributed by atoms with Crippen molar-refractivity contribution in [1.82, 2.24) is 15.1 Å². The van der Waals surface area contributed by atoms with E-state index < -0.39 is 0 Å². The van der Waals surface area contributed by atoms with Gasteiger partial charge in [-0.25, -0.2) is 0 Å². The Kier molecular flexibility index (Phi) is 4.17. The predicted molar refractivity (Wildman–Crippen MR) is 84.7 cm³/mol. The fourth-order valence-corrected chi connectivity index (χ4v) is 3.93. The van der Waals surface area contributed by atoms with Crippen molar-refractivity contribution >= 4 is 11.9 Å². The van der Waals surface area contributed by atoms with E-state index in [1.165, 1.54) is 0 Å². The molecule has 0 aliphatic carbocycles. The first-order valence-electron chi connectivity index (χ1n) is 8.75. The first-order chi connectivity index (χ1) is 11.7. The highest BCUT2D eigenvalue weighted by molar-refractivity contribution is 5.81. The van der Waals surface area contributed by atoms with Gasteiger partial charge in [0.1, 0.15) is 11.7 Å². The summed E-state index contributed by atoms with van der Waals surface area (Å²) in [5.74, 6) is 0.672. The molecule has 4 heterocycles. The number of carbonyl (C=O) groups excluding carboxylic acids is 1. The molecule has 0 unspecified atom stereocenters. The number of amides is 1. The predicted octanol–water partition coefficient (Wildman–Crippen LogP) is 0.755. The van der Waals surface area contributed by atoms with Crippen LogP contribution in [-0.2, 0) is 14.3 Å². The molecule has 8 nitrogen and oxygen atoms in total. The summed E-state index contributed by atoms with van der Waals surface area (Å²) < 4.78 is 17.3. The third-order valence-electron chi connectivity index (χ3n) is 5.09. The van der Waals surface area contributed by atoms with E-state index in [9.17, 15) is 4.79 Å². The van der Waals surface area contributed by atoms with Gasteiger partial charge in [-0.3, -0.25) is 4.79 Å². The van der Waals surface area contributed by atoms with Crippen LogP contribution < -0.4 is 4.90 Å². The van der Waals surface area contributed by atoms with Crippen LogP contribution in [0.25, 0.3) is 0 Å². The molecule has 1 aromatic rings. The molecule has 1 amide bonds. The van der Waals surface area contributed by atoms with Crippen molar-refractivity contribution in [3.8, 4) is 0 Å². The topological polar surface area (TPSA) is 80.9 Å². The second-order valence-corrected chi connectivity index (χ2v) is 6.92. The van der Waals surface area contributed by atoms with Crippen molar-refractivity contribution in [2.75, 3.05) is 44.3 Å². The zero-order chi connectivity index (χ0) is 16.6. The maximum Gasteiger partial charge on any atom is 0.318 e. The van der Waals surface area contributed by atoms with Gasteiger partial charge >= 0.3 is 6.01 Å². The van der Waals surface area contributed by atoms with Gasteiger partial charge in [0.15, 0.2) is 0 Å². The number of morpholine rings is 1. The summed E-state index contributed by atoms with van der Waals surface area (Å²) in [6.07, 6.45) is 3.45. The number of ether oxygens (including phenoxy) is 2. The molecule has 0 radical (unpaired) electrons. The molecular formula is C16H24N4O4. The number of nitrogens with zero attached hydrogens (tertiary/aromatic N) is 4. The average Bonchev–Trinajstić information content (AvgIpc) is 3.26. The third-order valence-corrected chi connectivity index (χ3v) is 5.09. The Bertz CT molecular complexity index is 597. The minimum Gasteiger partial charge on any atom is -0.408 e. The minimum atomic E-state index is -0.354. The summed E-state index contributed by atoms with van der Waals surface area (Å²) in [5, 5.41) is 8.03. The van der Waals surface area contributed by atoms with Gasteiger partial charge < -0.3 is 23.7 Å². The molecule has 132 valence electrons. The summed E-state index contributed by atoms with van der Waals surface area (Å²) >= 11 is 0. The molecule has 2 atom stereocenters. The number of hydrogen-bond donors (Lipinski definition) is 0. The van der Waals surface area contributed by atoms with Gasteiger partial charge in [0.05, 0.1) is 19.7 Å². The van der Waals surface area contributed by atoms with E-state index in [1.807, 2.05) is 4.90 Å². The Labute approximate surface area is 141 Å². The van der Waals surface area contributed by atoms with E-state index >= 15 is 0 Å². The first-order valence-corrected chi connectivity index (χ1v) is 8.75. The lowest BCUT2D eigenvalue weighted by atomic mass is 9.90. The molecular weight excluding hydrogens is 312 g/mol. The molecule has 0 bridgehead atoms. The molecule has 0 N–H and O–H groups in total. The zero-order valence-corrected chi connectivity index (χ0v) is 14.1. The number of piperidine rings is 1. The number of anilines is 1. The summed E-state index contributed by atoms with van der Waals surface area (Å²) in [4.78, 5) is 16.7. The molecule has 0 saturated carbocycles. The fourth-order valence-electron chi connectivity index (χ4n) is 3.93. The quantitative estimate of drug-likeness (QED) is 0.788. The van der Waals surface area contributed by atoms with Crippen LogP contribution in [-0.4, -0.2) is 72.1 Å². The number of hydrogen-bond acceptors (Lipinski definition) is 7. The van der Waals surface area contributed by atoms with Crippen molar-refractivity contribution < 1.29 is 18.7 Å². The number of aryl methyl sites for hydroxylation is 1. The van der Waals surface area contributed by atoms with Crippen molar-refractivity contribution in [3.63, 3.8) is 0 Å². The lowest BCUT2D eigenvalue weighted by Crippen LogP contribution is -2.61. The Morgan fingerprint density at radius 1 is 1.21 bits per heavy atom. The van der Waals surface area contributed by atoms with E-state index in [0.29, 0.717) is 44.8 Å². The standard InChI is InChI=1S/C16H24N4O4/c1-12-17-18-15(24-12)20-6-3-5-16(11-20)10-19(7-9-23-16)14(21)13-4-2-8-22-13/h13H,2-11H2,1H3/t13-,16+/m1/s1. The Balaban J connectivity index is 1.46. The molecule has 3 aliphatic heterocycles. The lowest BCUT2D eigenvalue weighted by molar-refractivity contribution is -0.160. The average molecular weight is 336 g/mol. The number of rotatable bonds is 2. The van der Waals surface area contributed by atoms with Gasteiger partial charge in [-0.1, -0.05) is 5.10 Å². The summed E-state index contributed by atoms with van der Waals surface area (Å²) in [6, 6.07) is 0.540. The van der Waals surface area contributed by atoms with Crippen molar-refractivity contribution in [1.29, 1.82) is 0 Å². The molecule has 3 aliphatic rings. The maximum atomic E-state index is 12.7. The third kappa shape index (κ3) is 3.00. The largest absolute Gasteiger partial charge is 0.408 e. The van der Waals surface area contributed by atoms with Gasteiger partial charge in [-0.2, -0.15) is 0 Å². The van der Waals surface area contributed by atoms with Gasteiger partial charge in [-0.15, -0.1) is 5.10 Å². The molecule has 0 aromatic carbocycles. The summed E-state index contributed by atoms with van der Waals surface area (Å²) in [7, 11) is 0. The van der Waals surface area contributed by atoms with Crippen LogP contribution in [0.3, 0.4) is 0 Å². The maximum absolute atomic E-state index is 12.7. The minimum absolute atomic E-state index is 0.112. The van der Waals surface area contributed by atoms with Crippen molar-refractivity contribution in [2.45, 2.75) is 44.3 Å². The van der Waals surface area contributed by atoms with Gasteiger partial charge in [-0.05, 0) is 25.7 Å². The van der Waals surface area contributed by atoms with Crippen LogP contribution >= 0.6 is 0 Å². The molecule has 1 spiro atoms. The van der Waals surface area contributed by atoms with E-state index in [-0.39, 0.29) is 17.6 Å².